The van der Waals surface area contributed by atoms with Crippen LogP contribution in [0, 0.1) is 5.92 Å². The fourth-order valence-electron chi connectivity index (χ4n) is 2.16. The smallest absolute Gasteiger partial charge is 0.308 e. The Hall–Kier alpha value is -0.610. The summed E-state index contributed by atoms with van der Waals surface area (Å²) in [5.74, 6) is -0.807. The Morgan fingerprint density at radius 1 is 1.21 bits per heavy atom. The van der Waals surface area contributed by atoms with Crippen molar-refractivity contribution in [3.63, 3.8) is 0 Å². The minimum Gasteiger partial charge on any atom is -0.481 e. The van der Waals surface area contributed by atoms with Gasteiger partial charge in [0.05, 0.1) is 5.92 Å². The van der Waals surface area contributed by atoms with E-state index in [1.165, 1.54) is 0 Å². The molecule has 2 unspecified atom stereocenters. The Morgan fingerprint density at radius 3 is 2.43 bits per heavy atom. The van der Waals surface area contributed by atoms with Crippen molar-refractivity contribution in [3.05, 3.63) is 0 Å². The molecule has 2 aliphatic rings. The summed E-state index contributed by atoms with van der Waals surface area (Å²) in [4.78, 5) is 10.8. The van der Waals surface area contributed by atoms with Crippen molar-refractivity contribution >= 4 is 5.97 Å². The number of rotatable bonds is 3. The number of ether oxygens (including phenoxy) is 1. The Kier molecular flexibility index (Phi) is 3.03. The van der Waals surface area contributed by atoms with Gasteiger partial charge in [0.1, 0.15) is 0 Å². The van der Waals surface area contributed by atoms with Crippen molar-refractivity contribution < 1.29 is 14.6 Å². The van der Waals surface area contributed by atoms with Crippen LogP contribution in [0.4, 0.5) is 0 Å². The van der Waals surface area contributed by atoms with E-state index in [1.54, 1.807) is 0 Å². The SMILES string of the molecule is O=C(O)C1CCC1NC1CCOCC1. The predicted molar refractivity (Wildman–Crippen MR) is 51.1 cm³/mol. The quantitative estimate of drug-likeness (QED) is 0.699. The summed E-state index contributed by atoms with van der Waals surface area (Å²) in [5.41, 5.74) is 0. The number of carboxylic acid groups (broad SMARTS) is 1. The molecule has 0 aromatic carbocycles. The molecule has 0 spiro atoms. The molecule has 2 atom stereocenters. The molecule has 4 heteroatoms. The summed E-state index contributed by atoms with van der Waals surface area (Å²) in [5, 5.41) is 12.3. The predicted octanol–water partition coefficient (Wildman–Crippen LogP) is 0.618. The van der Waals surface area contributed by atoms with E-state index in [0.29, 0.717) is 6.04 Å². The maximum absolute atomic E-state index is 10.8. The normalized spacial score (nSPS) is 33.7. The zero-order valence-electron chi connectivity index (χ0n) is 8.24. The maximum Gasteiger partial charge on any atom is 0.308 e. The Morgan fingerprint density at radius 2 is 1.93 bits per heavy atom. The topological polar surface area (TPSA) is 58.6 Å². The molecule has 2 fully saturated rings. The minimum absolute atomic E-state index is 0.155. The van der Waals surface area contributed by atoms with E-state index >= 15 is 0 Å². The first-order valence-electron chi connectivity index (χ1n) is 5.34. The van der Waals surface area contributed by atoms with Crippen molar-refractivity contribution in [3.8, 4) is 0 Å². The van der Waals surface area contributed by atoms with Crippen molar-refractivity contribution in [1.82, 2.24) is 5.32 Å². The van der Waals surface area contributed by atoms with Gasteiger partial charge in [-0.1, -0.05) is 0 Å². The Balaban J connectivity index is 1.76. The standard InChI is InChI=1S/C10H17NO3/c12-10(13)8-1-2-9(8)11-7-3-5-14-6-4-7/h7-9,11H,1-6H2,(H,12,13). The third kappa shape index (κ3) is 2.07. The molecule has 0 amide bonds. The van der Waals surface area contributed by atoms with Gasteiger partial charge in [0.2, 0.25) is 0 Å². The molecular formula is C10H17NO3. The van der Waals surface area contributed by atoms with Gasteiger partial charge < -0.3 is 15.2 Å². The van der Waals surface area contributed by atoms with Crippen LogP contribution in [0.15, 0.2) is 0 Å². The van der Waals surface area contributed by atoms with Crippen LogP contribution in [0.25, 0.3) is 0 Å². The van der Waals surface area contributed by atoms with Gasteiger partial charge in [0.25, 0.3) is 0 Å². The van der Waals surface area contributed by atoms with Crippen molar-refractivity contribution in [2.75, 3.05) is 13.2 Å². The zero-order valence-corrected chi connectivity index (χ0v) is 8.24. The first-order valence-corrected chi connectivity index (χ1v) is 5.34. The van der Waals surface area contributed by atoms with Gasteiger partial charge in [-0.2, -0.15) is 0 Å². The number of carboxylic acids is 1. The number of hydrogen-bond acceptors (Lipinski definition) is 3. The van der Waals surface area contributed by atoms with Crippen LogP contribution in [0.2, 0.25) is 0 Å². The van der Waals surface area contributed by atoms with Crippen LogP contribution < -0.4 is 5.32 Å². The van der Waals surface area contributed by atoms with Crippen LogP contribution in [-0.2, 0) is 9.53 Å². The summed E-state index contributed by atoms with van der Waals surface area (Å²) < 4.78 is 5.25. The molecular weight excluding hydrogens is 182 g/mol. The summed E-state index contributed by atoms with van der Waals surface area (Å²) in [6, 6.07) is 0.673. The van der Waals surface area contributed by atoms with E-state index < -0.39 is 5.97 Å². The molecule has 1 saturated heterocycles. The second kappa shape index (κ2) is 4.28. The molecule has 2 rings (SSSR count). The van der Waals surface area contributed by atoms with Crippen LogP contribution in [0.3, 0.4) is 0 Å². The fourth-order valence-corrected chi connectivity index (χ4v) is 2.16. The van der Waals surface area contributed by atoms with E-state index in [2.05, 4.69) is 5.32 Å². The summed E-state index contributed by atoms with van der Waals surface area (Å²) in [6.07, 6.45) is 3.87. The second-order valence-corrected chi connectivity index (χ2v) is 4.18. The van der Waals surface area contributed by atoms with E-state index in [4.69, 9.17) is 9.84 Å². The monoisotopic (exact) mass is 199 g/mol. The Bertz CT molecular complexity index is 213. The molecule has 1 saturated carbocycles. The first kappa shape index (κ1) is 9.93. The average molecular weight is 199 g/mol. The lowest BCUT2D eigenvalue weighted by molar-refractivity contribution is -0.146. The van der Waals surface area contributed by atoms with Crippen LogP contribution in [0.5, 0.6) is 0 Å². The fraction of sp³-hybridized carbons (Fsp3) is 0.900. The third-order valence-electron chi connectivity index (χ3n) is 3.26. The highest BCUT2D eigenvalue weighted by Gasteiger charge is 2.37. The van der Waals surface area contributed by atoms with E-state index in [9.17, 15) is 4.79 Å². The highest BCUT2D eigenvalue weighted by molar-refractivity contribution is 5.72. The summed E-state index contributed by atoms with van der Waals surface area (Å²) in [6.45, 7) is 1.62. The van der Waals surface area contributed by atoms with Gasteiger partial charge in [-0.05, 0) is 25.7 Å². The molecule has 1 heterocycles. The highest BCUT2D eigenvalue weighted by Crippen LogP contribution is 2.28. The molecule has 14 heavy (non-hydrogen) atoms. The molecule has 0 bridgehead atoms. The average Bonchev–Trinajstić information content (AvgIpc) is 2.13. The van der Waals surface area contributed by atoms with Gasteiger partial charge in [-0.15, -0.1) is 0 Å². The van der Waals surface area contributed by atoms with Gasteiger partial charge in [0, 0.05) is 25.3 Å². The van der Waals surface area contributed by atoms with Gasteiger partial charge in [-0.3, -0.25) is 4.79 Å². The van der Waals surface area contributed by atoms with Gasteiger partial charge in [-0.25, -0.2) is 0 Å². The van der Waals surface area contributed by atoms with E-state index in [-0.39, 0.29) is 12.0 Å². The molecule has 80 valence electrons. The number of carbonyl (C=O) groups is 1. The molecule has 2 N–H and O–H groups in total. The lowest BCUT2D eigenvalue weighted by Crippen LogP contribution is -2.52. The maximum atomic E-state index is 10.8. The van der Waals surface area contributed by atoms with E-state index in [1.807, 2.05) is 0 Å². The highest BCUT2D eigenvalue weighted by atomic mass is 16.5. The number of hydrogen-bond donors (Lipinski definition) is 2. The number of aliphatic carboxylic acids is 1. The third-order valence-corrected chi connectivity index (χ3v) is 3.26. The first-order chi connectivity index (χ1) is 6.77. The summed E-state index contributed by atoms with van der Waals surface area (Å²) in [7, 11) is 0. The molecule has 0 radical (unpaired) electrons. The molecule has 4 nitrogen and oxygen atoms in total. The zero-order chi connectivity index (χ0) is 9.97. The largest absolute Gasteiger partial charge is 0.481 e. The van der Waals surface area contributed by atoms with Crippen LogP contribution >= 0.6 is 0 Å². The molecule has 1 aliphatic carbocycles. The van der Waals surface area contributed by atoms with Crippen molar-refractivity contribution in [1.29, 1.82) is 0 Å². The van der Waals surface area contributed by atoms with E-state index in [0.717, 1.165) is 38.9 Å². The molecule has 0 aromatic rings. The second-order valence-electron chi connectivity index (χ2n) is 4.18. The van der Waals surface area contributed by atoms with Crippen LogP contribution in [-0.4, -0.2) is 36.4 Å². The van der Waals surface area contributed by atoms with Crippen molar-refractivity contribution in [2.45, 2.75) is 37.8 Å². The molecule has 0 aromatic heterocycles. The minimum atomic E-state index is -0.652. The van der Waals surface area contributed by atoms with Crippen LogP contribution in [0.1, 0.15) is 25.7 Å². The van der Waals surface area contributed by atoms with Gasteiger partial charge >= 0.3 is 5.97 Å². The lowest BCUT2D eigenvalue weighted by atomic mass is 9.79. The lowest BCUT2D eigenvalue weighted by Gasteiger charge is -2.38. The summed E-state index contributed by atoms with van der Waals surface area (Å²) >= 11 is 0. The number of nitrogens with one attached hydrogen (secondary N) is 1. The van der Waals surface area contributed by atoms with Gasteiger partial charge in [0.15, 0.2) is 0 Å². The van der Waals surface area contributed by atoms with Crippen molar-refractivity contribution in [2.24, 2.45) is 5.92 Å². The molecule has 1 aliphatic heterocycles. The Labute approximate surface area is 83.6 Å².